The number of hydrogen-bond acceptors (Lipinski definition) is 6. The minimum absolute atomic E-state index is 0.370. The van der Waals surface area contributed by atoms with Gasteiger partial charge < -0.3 is 5.32 Å². The van der Waals surface area contributed by atoms with Gasteiger partial charge in [0.25, 0.3) is 0 Å². The lowest BCUT2D eigenvalue weighted by molar-refractivity contribution is 1.14. The zero-order chi connectivity index (χ0) is 11.5. The predicted octanol–water partition coefficient (Wildman–Crippen LogP) is 2.68. The van der Waals surface area contributed by atoms with Crippen LogP contribution in [0.1, 0.15) is 10.7 Å². The Labute approximate surface area is 102 Å². The number of nitriles is 1. The molecular weight excluding hydrogens is 240 g/mol. The number of rotatable bonds is 3. The van der Waals surface area contributed by atoms with E-state index in [9.17, 15) is 0 Å². The van der Waals surface area contributed by atoms with E-state index in [1.165, 1.54) is 0 Å². The first-order chi connectivity index (χ1) is 7.74. The van der Waals surface area contributed by atoms with Gasteiger partial charge in [0, 0.05) is 12.4 Å². The fourth-order valence-electron chi connectivity index (χ4n) is 1.33. The summed E-state index contributed by atoms with van der Waals surface area (Å²) < 4.78 is 0. The fourth-order valence-corrected chi connectivity index (χ4v) is 3.02. The second-order valence-electron chi connectivity index (χ2n) is 3.14. The van der Waals surface area contributed by atoms with Crippen molar-refractivity contribution in [1.82, 2.24) is 9.97 Å². The number of anilines is 1. The van der Waals surface area contributed by atoms with Crippen LogP contribution in [0.15, 0.2) is 5.38 Å². The number of aryl methyl sites for hydroxylation is 1. The van der Waals surface area contributed by atoms with E-state index >= 15 is 0 Å². The van der Waals surface area contributed by atoms with Crippen molar-refractivity contribution in [2.24, 2.45) is 0 Å². The van der Waals surface area contributed by atoms with Gasteiger partial charge in [-0.1, -0.05) is 0 Å². The molecule has 6 heteroatoms. The molecule has 0 bridgehead atoms. The maximum absolute atomic E-state index is 8.63. The third kappa shape index (κ3) is 2.05. The van der Waals surface area contributed by atoms with E-state index < -0.39 is 0 Å². The van der Waals surface area contributed by atoms with E-state index in [1.54, 1.807) is 22.7 Å². The van der Waals surface area contributed by atoms with Crippen LogP contribution in [0, 0.1) is 18.3 Å². The molecule has 0 saturated heterocycles. The molecule has 0 fully saturated rings. The van der Waals surface area contributed by atoms with Gasteiger partial charge >= 0.3 is 0 Å². The number of thiazole rings is 2. The van der Waals surface area contributed by atoms with E-state index in [0.717, 1.165) is 26.4 Å². The molecule has 0 amide bonds. The molecule has 0 unspecified atom stereocenters. The second kappa shape index (κ2) is 4.60. The molecule has 0 radical (unpaired) electrons. The second-order valence-corrected chi connectivity index (χ2v) is 5.09. The SMILES string of the molecule is CNc1nc(-c2sc(CC#N)nc2C)cs1. The smallest absolute Gasteiger partial charge is 0.182 e. The summed E-state index contributed by atoms with van der Waals surface area (Å²) in [5.74, 6) is 0. The standard InChI is InChI=1S/C10H10N4S2/c1-6-9(16-8(13-6)3-4-11)7-5-15-10(12-2)14-7/h5H,3H2,1-2H3,(H,12,14). The summed E-state index contributed by atoms with van der Waals surface area (Å²) in [6, 6.07) is 2.11. The Morgan fingerprint density at radius 2 is 2.31 bits per heavy atom. The molecule has 0 aliphatic carbocycles. The molecule has 82 valence electrons. The summed E-state index contributed by atoms with van der Waals surface area (Å²) in [7, 11) is 1.85. The highest BCUT2D eigenvalue weighted by molar-refractivity contribution is 7.16. The van der Waals surface area contributed by atoms with E-state index in [1.807, 2.05) is 19.4 Å². The van der Waals surface area contributed by atoms with Crippen molar-refractivity contribution in [3.8, 4) is 16.6 Å². The molecule has 0 aliphatic rings. The van der Waals surface area contributed by atoms with Crippen molar-refractivity contribution in [2.75, 3.05) is 12.4 Å². The largest absolute Gasteiger partial charge is 0.365 e. The molecule has 4 nitrogen and oxygen atoms in total. The molecule has 2 heterocycles. The number of aromatic nitrogens is 2. The van der Waals surface area contributed by atoms with Crippen LogP contribution in [-0.4, -0.2) is 17.0 Å². The monoisotopic (exact) mass is 250 g/mol. The first-order valence-corrected chi connectivity index (χ1v) is 6.41. The zero-order valence-electron chi connectivity index (χ0n) is 8.94. The molecule has 2 rings (SSSR count). The minimum Gasteiger partial charge on any atom is -0.365 e. The first-order valence-electron chi connectivity index (χ1n) is 4.71. The van der Waals surface area contributed by atoms with E-state index in [-0.39, 0.29) is 0 Å². The highest BCUT2D eigenvalue weighted by Crippen LogP contribution is 2.32. The van der Waals surface area contributed by atoms with E-state index in [2.05, 4.69) is 21.4 Å². The first kappa shape index (κ1) is 11.0. The summed E-state index contributed by atoms with van der Waals surface area (Å²) in [5, 5.41) is 15.4. The summed E-state index contributed by atoms with van der Waals surface area (Å²) in [5.41, 5.74) is 1.89. The van der Waals surface area contributed by atoms with Crippen LogP contribution in [0.25, 0.3) is 10.6 Å². The maximum Gasteiger partial charge on any atom is 0.182 e. The van der Waals surface area contributed by atoms with Crippen LogP contribution < -0.4 is 5.32 Å². The van der Waals surface area contributed by atoms with Crippen LogP contribution in [-0.2, 0) is 6.42 Å². The average molecular weight is 250 g/mol. The highest BCUT2D eigenvalue weighted by atomic mass is 32.1. The fraction of sp³-hybridized carbons (Fsp3) is 0.300. The molecule has 0 aromatic carbocycles. The third-order valence-electron chi connectivity index (χ3n) is 2.02. The summed E-state index contributed by atoms with van der Waals surface area (Å²) in [6.45, 7) is 1.95. The van der Waals surface area contributed by atoms with Gasteiger partial charge in [-0.25, -0.2) is 9.97 Å². The Morgan fingerprint density at radius 3 is 2.94 bits per heavy atom. The molecule has 2 aromatic heterocycles. The van der Waals surface area contributed by atoms with Crippen molar-refractivity contribution in [3.05, 3.63) is 16.1 Å². The summed E-state index contributed by atoms with van der Waals surface area (Å²) in [4.78, 5) is 9.84. The molecule has 0 spiro atoms. The highest BCUT2D eigenvalue weighted by Gasteiger charge is 2.12. The number of nitrogens with zero attached hydrogens (tertiary/aromatic N) is 3. The van der Waals surface area contributed by atoms with Crippen molar-refractivity contribution in [3.63, 3.8) is 0 Å². The summed E-state index contributed by atoms with van der Waals surface area (Å²) >= 11 is 3.11. The minimum atomic E-state index is 0.370. The van der Waals surface area contributed by atoms with Crippen molar-refractivity contribution in [2.45, 2.75) is 13.3 Å². The van der Waals surface area contributed by atoms with Crippen LogP contribution in [0.5, 0.6) is 0 Å². The zero-order valence-corrected chi connectivity index (χ0v) is 10.6. The molecule has 0 atom stereocenters. The Balaban J connectivity index is 2.36. The Morgan fingerprint density at radius 1 is 1.50 bits per heavy atom. The van der Waals surface area contributed by atoms with Gasteiger partial charge in [0.2, 0.25) is 0 Å². The van der Waals surface area contributed by atoms with Crippen LogP contribution >= 0.6 is 22.7 Å². The molecule has 0 aliphatic heterocycles. The van der Waals surface area contributed by atoms with Gasteiger partial charge in [0.15, 0.2) is 5.13 Å². The number of nitrogens with one attached hydrogen (secondary N) is 1. The van der Waals surface area contributed by atoms with E-state index in [4.69, 9.17) is 5.26 Å². The van der Waals surface area contributed by atoms with Crippen molar-refractivity contribution < 1.29 is 0 Å². The lowest BCUT2D eigenvalue weighted by atomic mass is 10.3. The van der Waals surface area contributed by atoms with Crippen LogP contribution in [0.2, 0.25) is 0 Å². The van der Waals surface area contributed by atoms with Crippen LogP contribution in [0.4, 0.5) is 5.13 Å². The molecular formula is C10H10N4S2. The average Bonchev–Trinajstić information content (AvgIpc) is 2.85. The Bertz CT molecular complexity index is 535. The lowest BCUT2D eigenvalue weighted by Gasteiger charge is -1.91. The van der Waals surface area contributed by atoms with Crippen molar-refractivity contribution in [1.29, 1.82) is 5.26 Å². The molecule has 16 heavy (non-hydrogen) atoms. The predicted molar refractivity (Wildman–Crippen MR) is 66.8 cm³/mol. The summed E-state index contributed by atoms with van der Waals surface area (Å²) in [6.07, 6.45) is 0.370. The Hall–Kier alpha value is -1.45. The molecule has 2 aromatic rings. The lowest BCUT2D eigenvalue weighted by Crippen LogP contribution is -1.85. The molecule has 0 saturated carbocycles. The van der Waals surface area contributed by atoms with E-state index in [0.29, 0.717) is 6.42 Å². The Kier molecular flexibility index (Phi) is 3.17. The quantitative estimate of drug-likeness (QED) is 0.909. The van der Waals surface area contributed by atoms with Gasteiger partial charge in [-0.15, -0.1) is 22.7 Å². The van der Waals surface area contributed by atoms with Crippen LogP contribution in [0.3, 0.4) is 0 Å². The number of hydrogen-bond donors (Lipinski definition) is 1. The molecule has 1 N–H and O–H groups in total. The van der Waals surface area contributed by atoms with Gasteiger partial charge in [-0.05, 0) is 6.92 Å². The van der Waals surface area contributed by atoms with Gasteiger partial charge in [0.05, 0.1) is 28.8 Å². The van der Waals surface area contributed by atoms with Gasteiger partial charge in [-0.2, -0.15) is 5.26 Å². The van der Waals surface area contributed by atoms with Gasteiger partial charge in [0.1, 0.15) is 5.01 Å². The third-order valence-corrected chi connectivity index (χ3v) is 4.06. The topological polar surface area (TPSA) is 61.6 Å². The maximum atomic E-state index is 8.63. The normalized spacial score (nSPS) is 10.1. The van der Waals surface area contributed by atoms with Crippen molar-refractivity contribution >= 4 is 27.8 Å². The van der Waals surface area contributed by atoms with Gasteiger partial charge in [-0.3, -0.25) is 0 Å².